The lowest BCUT2D eigenvalue weighted by Gasteiger charge is -2.11. The zero-order valence-electron chi connectivity index (χ0n) is 12.8. The molecular formula is C16H22N2O2S. The summed E-state index contributed by atoms with van der Waals surface area (Å²) in [7, 11) is -3.29. The molecule has 1 heterocycles. The first kappa shape index (κ1) is 15.8. The smallest absolute Gasteiger partial charge is 0.215 e. The van der Waals surface area contributed by atoms with Gasteiger partial charge in [0.25, 0.3) is 0 Å². The van der Waals surface area contributed by atoms with Gasteiger partial charge >= 0.3 is 0 Å². The zero-order valence-corrected chi connectivity index (χ0v) is 13.6. The summed E-state index contributed by atoms with van der Waals surface area (Å²) < 4.78 is 28.9. The van der Waals surface area contributed by atoms with E-state index in [1.54, 1.807) is 0 Å². The highest BCUT2D eigenvalue weighted by Gasteiger charge is 2.11. The van der Waals surface area contributed by atoms with E-state index in [1.165, 1.54) is 0 Å². The predicted molar refractivity (Wildman–Crippen MR) is 85.7 cm³/mol. The molecule has 1 aromatic carbocycles. The first-order valence-electron chi connectivity index (χ1n) is 7.03. The molecule has 0 aliphatic carbocycles. The van der Waals surface area contributed by atoms with E-state index in [-0.39, 0.29) is 5.75 Å². The number of rotatable bonds is 6. The predicted octanol–water partition coefficient (Wildman–Crippen LogP) is 2.53. The lowest BCUT2D eigenvalue weighted by molar-refractivity contribution is 0.569. The Bertz CT molecular complexity index is 681. The minimum absolute atomic E-state index is 0.0247. The van der Waals surface area contributed by atoms with Crippen LogP contribution in [0.1, 0.15) is 22.5 Å². The molecule has 5 heteroatoms. The minimum Gasteiger partial charge on any atom is -0.348 e. The van der Waals surface area contributed by atoms with Crippen LogP contribution in [-0.4, -0.2) is 19.5 Å². The van der Waals surface area contributed by atoms with Gasteiger partial charge in [-0.2, -0.15) is 0 Å². The SMILES string of the molecule is Cc1ccc(CS(=O)(=O)NCCn2c(C)ccc2C)cc1. The Morgan fingerprint density at radius 3 is 2.10 bits per heavy atom. The van der Waals surface area contributed by atoms with E-state index < -0.39 is 10.0 Å². The van der Waals surface area contributed by atoms with Crippen molar-refractivity contribution in [2.45, 2.75) is 33.1 Å². The van der Waals surface area contributed by atoms with E-state index in [9.17, 15) is 8.42 Å². The maximum Gasteiger partial charge on any atom is 0.215 e. The Morgan fingerprint density at radius 1 is 0.952 bits per heavy atom. The molecule has 0 unspecified atom stereocenters. The number of aromatic nitrogens is 1. The average molecular weight is 306 g/mol. The maximum atomic E-state index is 12.1. The molecular weight excluding hydrogens is 284 g/mol. The summed E-state index contributed by atoms with van der Waals surface area (Å²) in [4.78, 5) is 0. The van der Waals surface area contributed by atoms with Crippen molar-refractivity contribution < 1.29 is 8.42 Å². The molecule has 114 valence electrons. The van der Waals surface area contributed by atoms with Crippen LogP contribution in [0.25, 0.3) is 0 Å². The Kier molecular flexibility index (Phi) is 4.85. The van der Waals surface area contributed by atoms with Gasteiger partial charge in [0, 0.05) is 24.5 Å². The van der Waals surface area contributed by atoms with Crippen molar-refractivity contribution in [3.63, 3.8) is 0 Å². The fourth-order valence-electron chi connectivity index (χ4n) is 2.32. The third-order valence-corrected chi connectivity index (χ3v) is 4.91. The third-order valence-electron chi connectivity index (χ3n) is 3.55. The molecule has 4 nitrogen and oxygen atoms in total. The highest BCUT2D eigenvalue weighted by atomic mass is 32.2. The molecule has 0 bridgehead atoms. The van der Waals surface area contributed by atoms with Gasteiger partial charge in [0.15, 0.2) is 0 Å². The molecule has 1 aromatic heterocycles. The van der Waals surface area contributed by atoms with Crippen molar-refractivity contribution in [1.29, 1.82) is 0 Å². The molecule has 0 aliphatic rings. The number of nitrogens with one attached hydrogen (secondary N) is 1. The van der Waals surface area contributed by atoms with Gasteiger partial charge in [0.2, 0.25) is 10.0 Å². The van der Waals surface area contributed by atoms with Crippen molar-refractivity contribution >= 4 is 10.0 Å². The van der Waals surface area contributed by atoms with Crippen molar-refractivity contribution in [3.8, 4) is 0 Å². The van der Waals surface area contributed by atoms with Gasteiger partial charge in [-0.1, -0.05) is 29.8 Å². The standard InChI is InChI=1S/C16H22N2O2S/c1-13-4-8-16(9-5-13)12-21(19,20)17-10-11-18-14(2)6-7-15(18)3/h4-9,17H,10-12H2,1-3H3. The summed E-state index contributed by atoms with van der Waals surface area (Å²) in [6.07, 6.45) is 0. The van der Waals surface area contributed by atoms with E-state index in [0.717, 1.165) is 22.5 Å². The summed E-state index contributed by atoms with van der Waals surface area (Å²) >= 11 is 0. The van der Waals surface area contributed by atoms with Crippen LogP contribution in [0.4, 0.5) is 0 Å². The van der Waals surface area contributed by atoms with Crippen LogP contribution < -0.4 is 4.72 Å². The number of benzene rings is 1. The first-order chi connectivity index (χ1) is 9.87. The van der Waals surface area contributed by atoms with Crippen LogP contribution in [0.5, 0.6) is 0 Å². The Morgan fingerprint density at radius 2 is 1.52 bits per heavy atom. The minimum atomic E-state index is -3.29. The van der Waals surface area contributed by atoms with Crippen LogP contribution in [0.15, 0.2) is 36.4 Å². The Labute approximate surface area is 126 Å². The van der Waals surface area contributed by atoms with Gasteiger partial charge < -0.3 is 4.57 Å². The van der Waals surface area contributed by atoms with Gasteiger partial charge in [-0.3, -0.25) is 0 Å². The average Bonchev–Trinajstić information content (AvgIpc) is 2.73. The maximum absolute atomic E-state index is 12.1. The van der Waals surface area contributed by atoms with Crippen molar-refractivity contribution in [2.24, 2.45) is 0 Å². The summed E-state index contributed by atoms with van der Waals surface area (Å²) in [6.45, 7) is 7.09. The molecule has 0 spiro atoms. The number of sulfonamides is 1. The van der Waals surface area contributed by atoms with Crippen molar-refractivity contribution in [1.82, 2.24) is 9.29 Å². The van der Waals surface area contributed by atoms with Gasteiger partial charge in [-0.05, 0) is 38.5 Å². The fourth-order valence-corrected chi connectivity index (χ4v) is 3.46. The zero-order chi connectivity index (χ0) is 15.5. The normalized spacial score (nSPS) is 11.8. The van der Waals surface area contributed by atoms with E-state index in [1.807, 2.05) is 57.2 Å². The van der Waals surface area contributed by atoms with Gasteiger partial charge in [0.1, 0.15) is 0 Å². The summed E-state index contributed by atoms with van der Waals surface area (Å²) in [5, 5.41) is 0. The Balaban J connectivity index is 1.91. The second-order valence-electron chi connectivity index (χ2n) is 5.41. The van der Waals surface area contributed by atoms with E-state index >= 15 is 0 Å². The van der Waals surface area contributed by atoms with Crippen LogP contribution in [0.2, 0.25) is 0 Å². The summed E-state index contributed by atoms with van der Waals surface area (Å²) in [5.41, 5.74) is 4.22. The van der Waals surface area contributed by atoms with Crippen molar-refractivity contribution in [2.75, 3.05) is 6.54 Å². The molecule has 1 N–H and O–H groups in total. The summed E-state index contributed by atoms with van der Waals surface area (Å²) in [6, 6.07) is 11.6. The fraction of sp³-hybridized carbons (Fsp3) is 0.375. The number of nitrogens with zero attached hydrogens (tertiary/aromatic N) is 1. The molecule has 0 atom stereocenters. The summed E-state index contributed by atoms with van der Waals surface area (Å²) in [5.74, 6) is 0.0247. The number of hydrogen-bond acceptors (Lipinski definition) is 2. The lowest BCUT2D eigenvalue weighted by atomic mass is 10.2. The quantitative estimate of drug-likeness (QED) is 0.891. The second-order valence-corrected chi connectivity index (χ2v) is 7.21. The monoisotopic (exact) mass is 306 g/mol. The molecule has 21 heavy (non-hydrogen) atoms. The third kappa shape index (κ3) is 4.44. The van der Waals surface area contributed by atoms with Crippen LogP contribution in [0.3, 0.4) is 0 Å². The topological polar surface area (TPSA) is 51.1 Å². The van der Waals surface area contributed by atoms with Crippen LogP contribution in [0, 0.1) is 20.8 Å². The molecule has 2 aromatic rings. The van der Waals surface area contributed by atoms with E-state index in [2.05, 4.69) is 9.29 Å². The van der Waals surface area contributed by atoms with Crippen LogP contribution in [-0.2, 0) is 22.3 Å². The van der Waals surface area contributed by atoms with Crippen LogP contribution >= 0.6 is 0 Å². The number of hydrogen-bond donors (Lipinski definition) is 1. The first-order valence-corrected chi connectivity index (χ1v) is 8.68. The van der Waals surface area contributed by atoms with Gasteiger partial charge in [-0.25, -0.2) is 13.1 Å². The molecule has 0 radical (unpaired) electrons. The Hall–Kier alpha value is -1.59. The molecule has 0 saturated heterocycles. The molecule has 0 aliphatic heterocycles. The van der Waals surface area contributed by atoms with Gasteiger partial charge in [0.05, 0.1) is 5.75 Å². The highest BCUT2D eigenvalue weighted by molar-refractivity contribution is 7.88. The molecule has 0 amide bonds. The second kappa shape index (κ2) is 6.45. The van der Waals surface area contributed by atoms with E-state index in [4.69, 9.17) is 0 Å². The molecule has 0 saturated carbocycles. The highest BCUT2D eigenvalue weighted by Crippen LogP contribution is 2.08. The molecule has 2 rings (SSSR count). The molecule has 0 fully saturated rings. The lowest BCUT2D eigenvalue weighted by Crippen LogP contribution is -2.29. The largest absolute Gasteiger partial charge is 0.348 e. The van der Waals surface area contributed by atoms with Gasteiger partial charge in [-0.15, -0.1) is 0 Å². The van der Waals surface area contributed by atoms with E-state index in [0.29, 0.717) is 13.1 Å². The van der Waals surface area contributed by atoms with Crippen molar-refractivity contribution in [3.05, 3.63) is 58.9 Å². The number of aryl methyl sites for hydroxylation is 3.